The van der Waals surface area contributed by atoms with Crippen LogP contribution in [0.3, 0.4) is 0 Å². The lowest BCUT2D eigenvalue weighted by Gasteiger charge is -2.26. The van der Waals surface area contributed by atoms with Crippen molar-refractivity contribution in [2.45, 2.75) is 33.1 Å². The van der Waals surface area contributed by atoms with Crippen molar-refractivity contribution in [2.75, 3.05) is 17.6 Å². The fourth-order valence-electron chi connectivity index (χ4n) is 3.23. The number of nitrogens with zero attached hydrogens (tertiary/aromatic N) is 1. The Morgan fingerprint density at radius 1 is 1.08 bits per heavy atom. The molecule has 0 unspecified atom stereocenters. The van der Waals surface area contributed by atoms with E-state index in [-0.39, 0.29) is 11.4 Å². The first-order valence-electron chi connectivity index (χ1n) is 8.30. The second kappa shape index (κ2) is 6.89. The van der Waals surface area contributed by atoms with Gasteiger partial charge in [0.1, 0.15) is 5.37 Å². The van der Waals surface area contributed by atoms with E-state index < -0.39 is 0 Å². The van der Waals surface area contributed by atoms with Crippen molar-refractivity contribution in [1.29, 1.82) is 0 Å². The number of benzene rings is 2. The number of aryl methyl sites for hydroxylation is 4. The van der Waals surface area contributed by atoms with E-state index in [1.54, 1.807) is 0 Å². The first-order chi connectivity index (χ1) is 11.5. The Labute approximate surface area is 148 Å². The van der Waals surface area contributed by atoms with Gasteiger partial charge in [0.25, 0.3) is 0 Å². The Kier molecular flexibility index (Phi) is 4.86. The van der Waals surface area contributed by atoms with Crippen molar-refractivity contribution in [1.82, 2.24) is 4.90 Å². The zero-order valence-electron chi connectivity index (χ0n) is 14.7. The number of hydrogen-bond donors (Lipinski definition) is 1. The lowest BCUT2D eigenvalue weighted by atomic mass is 10.1. The summed E-state index contributed by atoms with van der Waals surface area (Å²) in [5.41, 5.74) is 6.86. The number of nitrogens with one attached hydrogen (secondary N) is 1. The third-order valence-corrected chi connectivity index (χ3v) is 5.80. The molecule has 126 valence electrons. The largest absolute Gasteiger partial charge is 0.323 e. The fourth-order valence-corrected chi connectivity index (χ4v) is 4.58. The Morgan fingerprint density at radius 2 is 1.79 bits per heavy atom. The highest BCUT2D eigenvalue weighted by Crippen LogP contribution is 2.40. The molecule has 1 N–H and O–H groups in total. The van der Waals surface area contributed by atoms with Crippen LogP contribution in [0.15, 0.2) is 36.4 Å². The summed E-state index contributed by atoms with van der Waals surface area (Å²) in [5.74, 6) is 0.970. The quantitative estimate of drug-likeness (QED) is 0.815. The molecular formula is C20H24N2OS. The Bertz CT molecular complexity index is 752. The number of carbonyl (C=O) groups excluding carboxylic acids is 1. The molecule has 1 atom stereocenters. The van der Waals surface area contributed by atoms with Crippen LogP contribution in [-0.4, -0.2) is 23.2 Å². The van der Waals surface area contributed by atoms with Gasteiger partial charge in [-0.05, 0) is 49.9 Å². The number of carbonyl (C=O) groups is 1. The zero-order valence-corrected chi connectivity index (χ0v) is 15.5. The molecule has 3 nitrogen and oxygen atoms in total. The molecule has 3 rings (SSSR count). The molecule has 0 aromatic heterocycles. The van der Waals surface area contributed by atoms with Crippen LogP contribution in [0.2, 0.25) is 0 Å². The van der Waals surface area contributed by atoms with Crippen LogP contribution < -0.4 is 5.32 Å². The molecule has 2 aromatic carbocycles. The van der Waals surface area contributed by atoms with Crippen molar-refractivity contribution in [2.24, 2.45) is 0 Å². The molecule has 1 aliphatic heterocycles. The monoisotopic (exact) mass is 340 g/mol. The van der Waals surface area contributed by atoms with Gasteiger partial charge in [-0.15, -0.1) is 11.8 Å². The molecule has 24 heavy (non-hydrogen) atoms. The number of anilines is 1. The van der Waals surface area contributed by atoms with Gasteiger partial charge in [0.05, 0.1) is 0 Å². The van der Waals surface area contributed by atoms with E-state index in [1.807, 2.05) is 48.7 Å². The molecular weight excluding hydrogens is 316 g/mol. The maximum Gasteiger partial charge on any atom is 0.323 e. The van der Waals surface area contributed by atoms with Crippen LogP contribution >= 0.6 is 11.8 Å². The SMILES string of the molecule is Cc1ccc([C@@H]2SCCN2C(=O)Nc2c(C)cccc2C)c(C)c1. The summed E-state index contributed by atoms with van der Waals surface area (Å²) in [5, 5.41) is 3.22. The lowest BCUT2D eigenvalue weighted by molar-refractivity contribution is 0.214. The van der Waals surface area contributed by atoms with Gasteiger partial charge >= 0.3 is 6.03 Å². The summed E-state index contributed by atoms with van der Waals surface area (Å²) < 4.78 is 0. The molecule has 1 aliphatic rings. The molecule has 0 aliphatic carbocycles. The number of thioether (sulfide) groups is 1. The Morgan fingerprint density at radius 3 is 2.46 bits per heavy atom. The average Bonchev–Trinajstić information content (AvgIpc) is 3.00. The molecule has 2 aromatic rings. The van der Waals surface area contributed by atoms with Gasteiger partial charge in [-0.25, -0.2) is 4.79 Å². The number of urea groups is 1. The first-order valence-corrected chi connectivity index (χ1v) is 9.35. The third kappa shape index (κ3) is 3.29. The molecule has 0 bridgehead atoms. The normalized spacial score (nSPS) is 17.2. The standard InChI is InChI=1S/C20H24N2OS/c1-13-8-9-17(16(4)12-13)19-22(10-11-24-19)20(23)21-18-14(2)6-5-7-15(18)3/h5-9,12,19H,10-11H2,1-4H3,(H,21,23)/t19-/m0/s1. The van der Waals surface area contributed by atoms with Gasteiger partial charge in [-0.1, -0.05) is 42.0 Å². The van der Waals surface area contributed by atoms with Crippen LogP contribution in [0.5, 0.6) is 0 Å². The van der Waals surface area contributed by atoms with E-state index in [4.69, 9.17) is 0 Å². The Hall–Kier alpha value is -1.94. The van der Waals surface area contributed by atoms with E-state index >= 15 is 0 Å². The van der Waals surface area contributed by atoms with E-state index in [0.717, 1.165) is 29.1 Å². The van der Waals surface area contributed by atoms with Crippen molar-refractivity contribution < 1.29 is 4.79 Å². The predicted octanol–water partition coefficient (Wildman–Crippen LogP) is 5.20. The number of para-hydroxylation sites is 1. The highest BCUT2D eigenvalue weighted by atomic mass is 32.2. The average molecular weight is 340 g/mol. The molecule has 0 saturated carbocycles. The molecule has 4 heteroatoms. The van der Waals surface area contributed by atoms with Gasteiger partial charge in [0, 0.05) is 18.0 Å². The van der Waals surface area contributed by atoms with Crippen LogP contribution in [-0.2, 0) is 0 Å². The minimum absolute atomic E-state index is 0.0117. The zero-order chi connectivity index (χ0) is 17.3. The summed E-state index contributed by atoms with van der Waals surface area (Å²) in [7, 11) is 0. The molecule has 2 amide bonds. The van der Waals surface area contributed by atoms with Crippen LogP contribution in [0.1, 0.15) is 33.2 Å². The van der Waals surface area contributed by atoms with E-state index in [2.05, 4.69) is 37.4 Å². The molecule has 0 radical (unpaired) electrons. The first kappa shape index (κ1) is 16.9. The molecule has 0 spiro atoms. The van der Waals surface area contributed by atoms with Gasteiger partial charge < -0.3 is 10.2 Å². The van der Waals surface area contributed by atoms with Crippen LogP contribution in [0, 0.1) is 27.7 Å². The summed E-state index contributed by atoms with van der Waals surface area (Å²) in [4.78, 5) is 14.8. The highest BCUT2D eigenvalue weighted by Gasteiger charge is 2.31. The van der Waals surface area contributed by atoms with Crippen molar-refractivity contribution in [3.05, 3.63) is 64.2 Å². The van der Waals surface area contributed by atoms with E-state index in [0.29, 0.717) is 0 Å². The van der Waals surface area contributed by atoms with Gasteiger partial charge in [-0.2, -0.15) is 0 Å². The van der Waals surface area contributed by atoms with Gasteiger partial charge in [0.2, 0.25) is 0 Å². The number of rotatable bonds is 2. The minimum atomic E-state index is -0.0117. The molecule has 1 heterocycles. The van der Waals surface area contributed by atoms with Crippen molar-refractivity contribution in [3.63, 3.8) is 0 Å². The summed E-state index contributed by atoms with van der Waals surface area (Å²) in [6.45, 7) is 9.07. The van der Waals surface area contributed by atoms with Gasteiger partial charge in [0.15, 0.2) is 0 Å². The second-order valence-corrected chi connectivity index (χ2v) is 7.66. The second-order valence-electron chi connectivity index (χ2n) is 6.47. The van der Waals surface area contributed by atoms with Crippen LogP contribution in [0.4, 0.5) is 10.5 Å². The van der Waals surface area contributed by atoms with Crippen molar-refractivity contribution >= 4 is 23.5 Å². The summed E-state index contributed by atoms with van der Waals surface area (Å²) >= 11 is 1.84. The Balaban J connectivity index is 1.84. The number of hydrogen-bond acceptors (Lipinski definition) is 2. The van der Waals surface area contributed by atoms with Gasteiger partial charge in [-0.3, -0.25) is 0 Å². The maximum atomic E-state index is 12.9. The highest BCUT2D eigenvalue weighted by molar-refractivity contribution is 7.99. The fraction of sp³-hybridized carbons (Fsp3) is 0.350. The van der Waals surface area contributed by atoms with E-state index in [1.165, 1.54) is 16.7 Å². The lowest BCUT2D eigenvalue weighted by Crippen LogP contribution is -2.35. The van der Waals surface area contributed by atoms with E-state index in [9.17, 15) is 4.79 Å². The maximum absolute atomic E-state index is 12.9. The minimum Gasteiger partial charge on any atom is -0.308 e. The summed E-state index contributed by atoms with van der Waals surface area (Å²) in [6.07, 6.45) is 0. The topological polar surface area (TPSA) is 32.3 Å². The summed E-state index contributed by atoms with van der Waals surface area (Å²) in [6, 6.07) is 12.5. The molecule has 1 saturated heterocycles. The predicted molar refractivity (Wildman–Crippen MR) is 103 cm³/mol. The number of amides is 2. The van der Waals surface area contributed by atoms with Crippen LogP contribution in [0.25, 0.3) is 0 Å². The smallest absolute Gasteiger partial charge is 0.308 e. The third-order valence-electron chi connectivity index (χ3n) is 4.56. The molecule has 1 fully saturated rings. The van der Waals surface area contributed by atoms with Crippen molar-refractivity contribution in [3.8, 4) is 0 Å².